The van der Waals surface area contributed by atoms with Crippen LogP contribution >= 0.6 is 11.8 Å². The number of nitrogens with zero attached hydrogens (tertiary/aromatic N) is 1. The summed E-state index contributed by atoms with van der Waals surface area (Å²) in [7, 11) is 0. The molecule has 88 valence electrons. The van der Waals surface area contributed by atoms with E-state index in [1.807, 2.05) is 0 Å². The summed E-state index contributed by atoms with van der Waals surface area (Å²) in [5.74, 6) is -0.145. The van der Waals surface area contributed by atoms with Crippen LogP contribution in [-0.2, 0) is 0 Å². The van der Waals surface area contributed by atoms with Gasteiger partial charge in [0.2, 0.25) is 0 Å². The highest BCUT2D eigenvalue weighted by molar-refractivity contribution is 7.99. The molecule has 3 N–H and O–H groups in total. The molecule has 1 unspecified atom stereocenters. The molecular formula is C11H17N3OS. The Kier molecular flexibility index (Phi) is 5.11. The van der Waals surface area contributed by atoms with E-state index in [0.717, 1.165) is 6.42 Å². The number of amides is 1. The number of carbonyl (C=O) groups excluding carboxylic acids is 1. The maximum absolute atomic E-state index is 11.6. The number of carbonyl (C=O) groups is 1. The molecule has 0 aliphatic rings. The topological polar surface area (TPSA) is 68.0 Å². The second-order valence-electron chi connectivity index (χ2n) is 3.57. The van der Waals surface area contributed by atoms with Crippen LogP contribution in [0.15, 0.2) is 18.3 Å². The van der Waals surface area contributed by atoms with Crippen molar-refractivity contribution in [2.45, 2.75) is 18.6 Å². The monoisotopic (exact) mass is 239 g/mol. The molecule has 0 saturated carbocycles. The smallest absolute Gasteiger partial charge is 0.269 e. The number of nitrogens with one attached hydrogen (secondary N) is 1. The van der Waals surface area contributed by atoms with Crippen LogP contribution in [0.3, 0.4) is 0 Å². The Morgan fingerprint density at radius 1 is 1.62 bits per heavy atom. The highest BCUT2D eigenvalue weighted by Gasteiger charge is 2.06. The summed E-state index contributed by atoms with van der Waals surface area (Å²) in [5.41, 5.74) is 6.46. The Morgan fingerprint density at radius 3 is 2.94 bits per heavy atom. The third kappa shape index (κ3) is 4.10. The minimum Gasteiger partial charge on any atom is -0.397 e. The summed E-state index contributed by atoms with van der Waals surface area (Å²) in [6.45, 7) is 2.81. The van der Waals surface area contributed by atoms with E-state index in [2.05, 4.69) is 23.5 Å². The van der Waals surface area contributed by atoms with Crippen LogP contribution in [-0.4, -0.2) is 28.9 Å². The molecule has 0 fully saturated rings. The minimum absolute atomic E-state index is 0.145. The number of anilines is 1. The standard InChI is InChI=1S/C11H17N3OS/c1-8(16-2)5-6-13-11(15)10-4-3-9(12)7-14-10/h3-4,7-8H,5-6,12H2,1-2H3,(H,13,15). The minimum atomic E-state index is -0.145. The third-order valence-corrected chi connectivity index (χ3v) is 3.30. The fourth-order valence-corrected chi connectivity index (χ4v) is 1.49. The van der Waals surface area contributed by atoms with E-state index >= 15 is 0 Å². The second kappa shape index (κ2) is 6.37. The third-order valence-electron chi connectivity index (χ3n) is 2.26. The predicted molar refractivity (Wildman–Crippen MR) is 68.6 cm³/mol. The summed E-state index contributed by atoms with van der Waals surface area (Å²) >= 11 is 1.79. The van der Waals surface area contributed by atoms with Crippen LogP contribution in [0.2, 0.25) is 0 Å². The van der Waals surface area contributed by atoms with E-state index in [4.69, 9.17) is 5.73 Å². The molecule has 1 atom stereocenters. The maximum Gasteiger partial charge on any atom is 0.269 e. The largest absolute Gasteiger partial charge is 0.397 e. The molecule has 0 aliphatic carbocycles. The number of thioether (sulfide) groups is 1. The van der Waals surface area contributed by atoms with Gasteiger partial charge in [-0.3, -0.25) is 4.79 Å². The lowest BCUT2D eigenvalue weighted by molar-refractivity contribution is 0.0948. The van der Waals surface area contributed by atoms with Crippen molar-refractivity contribution >= 4 is 23.4 Å². The Balaban J connectivity index is 2.38. The van der Waals surface area contributed by atoms with Gasteiger partial charge in [0.05, 0.1) is 11.9 Å². The van der Waals surface area contributed by atoms with Crippen LogP contribution in [0.1, 0.15) is 23.8 Å². The molecule has 16 heavy (non-hydrogen) atoms. The maximum atomic E-state index is 11.6. The van der Waals surface area contributed by atoms with Gasteiger partial charge in [-0.15, -0.1) is 0 Å². The summed E-state index contributed by atoms with van der Waals surface area (Å²) in [5, 5.41) is 3.38. The number of hydrogen-bond donors (Lipinski definition) is 2. The highest BCUT2D eigenvalue weighted by Crippen LogP contribution is 2.08. The van der Waals surface area contributed by atoms with E-state index in [1.165, 1.54) is 6.20 Å². The van der Waals surface area contributed by atoms with Crippen molar-refractivity contribution in [3.8, 4) is 0 Å². The van der Waals surface area contributed by atoms with Gasteiger partial charge < -0.3 is 11.1 Å². The van der Waals surface area contributed by atoms with Gasteiger partial charge >= 0.3 is 0 Å². The molecule has 0 aliphatic heterocycles. The lowest BCUT2D eigenvalue weighted by atomic mass is 10.3. The molecule has 1 rings (SSSR count). The number of nitrogens with two attached hydrogens (primary N) is 1. The fraction of sp³-hybridized carbons (Fsp3) is 0.455. The molecule has 1 heterocycles. The first-order valence-corrected chi connectivity index (χ1v) is 6.44. The van der Waals surface area contributed by atoms with Gasteiger partial charge in [-0.1, -0.05) is 6.92 Å². The lowest BCUT2D eigenvalue weighted by Crippen LogP contribution is -2.26. The average Bonchev–Trinajstić information content (AvgIpc) is 2.29. The average molecular weight is 239 g/mol. The first-order chi connectivity index (χ1) is 7.63. The predicted octanol–water partition coefficient (Wildman–Crippen LogP) is 1.54. The molecule has 0 spiro atoms. The van der Waals surface area contributed by atoms with Crippen molar-refractivity contribution in [3.05, 3.63) is 24.0 Å². The van der Waals surface area contributed by atoms with Crippen LogP contribution in [0.5, 0.6) is 0 Å². The summed E-state index contributed by atoms with van der Waals surface area (Å²) < 4.78 is 0. The van der Waals surface area contributed by atoms with Gasteiger partial charge in [-0.2, -0.15) is 11.8 Å². The molecule has 0 bridgehead atoms. The molecule has 0 saturated heterocycles. The van der Waals surface area contributed by atoms with Gasteiger partial charge in [-0.25, -0.2) is 4.98 Å². The zero-order chi connectivity index (χ0) is 12.0. The van der Waals surface area contributed by atoms with Crippen molar-refractivity contribution in [1.29, 1.82) is 0 Å². The van der Waals surface area contributed by atoms with Gasteiger partial charge in [0, 0.05) is 11.8 Å². The lowest BCUT2D eigenvalue weighted by Gasteiger charge is -2.08. The zero-order valence-electron chi connectivity index (χ0n) is 9.56. The van der Waals surface area contributed by atoms with Gasteiger partial charge in [-0.05, 0) is 24.8 Å². The second-order valence-corrected chi connectivity index (χ2v) is 4.84. The van der Waals surface area contributed by atoms with Crippen molar-refractivity contribution in [2.75, 3.05) is 18.5 Å². The van der Waals surface area contributed by atoms with Crippen molar-refractivity contribution in [1.82, 2.24) is 10.3 Å². The van der Waals surface area contributed by atoms with Gasteiger partial charge in [0.1, 0.15) is 5.69 Å². The number of nitrogen functional groups attached to an aromatic ring is 1. The van der Waals surface area contributed by atoms with E-state index in [0.29, 0.717) is 23.2 Å². The Bertz CT molecular complexity index is 340. The van der Waals surface area contributed by atoms with Crippen molar-refractivity contribution < 1.29 is 4.79 Å². The molecule has 0 radical (unpaired) electrons. The molecule has 1 amide bonds. The number of aromatic nitrogens is 1. The van der Waals surface area contributed by atoms with Crippen molar-refractivity contribution in [3.63, 3.8) is 0 Å². The van der Waals surface area contributed by atoms with Crippen molar-refractivity contribution in [2.24, 2.45) is 0 Å². The number of hydrogen-bond acceptors (Lipinski definition) is 4. The SMILES string of the molecule is CSC(C)CCNC(=O)c1ccc(N)cn1. The normalized spacial score (nSPS) is 12.1. The molecule has 0 aromatic carbocycles. The fourth-order valence-electron chi connectivity index (χ4n) is 1.14. The van der Waals surface area contributed by atoms with Crippen LogP contribution < -0.4 is 11.1 Å². The Morgan fingerprint density at radius 2 is 2.38 bits per heavy atom. The first kappa shape index (κ1) is 12.8. The van der Waals surface area contributed by atoms with Gasteiger partial charge in [0.15, 0.2) is 0 Å². The Hall–Kier alpha value is -1.23. The number of pyridine rings is 1. The highest BCUT2D eigenvalue weighted by atomic mass is 32.2. The van der Waals surface area contributed by atoms with E-state index in [-0.39, 0.29) is 5.91 Å². The van der Waals surface area contributed by atoms with Gasteiger partial charge in [0.25, 0.3) is 5.91 Å². The first-order valence-electron chi connectivity index (χ1n) is 5.16. The molecule has 1 aromatic rings. The molecular weight excluding hydrogens is 222 g/mol. The summed E-state index contributed by atoms with van der Waals surface area (Å²) in [6.07, 6.45) is 4.51. The van der Waals surface area contributed by atoms with Crippen LogP contribution in [0, 0.1) is 0 Å². The quantitative estimate of drug-likeness (QED) is 0.817. The van der Waals surface area contributed by atoms with E-state index in [1.54, 1.807) is 23.9 Å². The van der Waals surface area contributed by atoms with E-state index in [9.17, 15) is 4.79 Å². The summed E-state index contributed by atoms with van der Waals surface area (Å²) in [4.78, 5) is 15.6. The zero-order valence-corrected chi connectivity index (χ0v) is 10.4. The van der Waals surface area contributed by atoms with E-state index < -0.39 is 0 Å². The number of rotatable bonds is 5. The molecule has 1 aromatic heterocycles. The molecule has 5 heteroatoms. The van der Waals surface area contributed by atoms with Crippen LogP contribution in [0.25, 0.3) is 0 Å². The van der Waals surface area contributed by atoms with Crippen LogP contribution in [0.4, 0.5) is 5.69 Å². The Labute approximate surface area is 100 Å². The summed E-state index contributed by atoms with van der Waals surface area (Å²) in [6, 6.07) is 3.30. The molecule has 4 nitrogen and oxygen atoms in total.